The van der Waals surface area contributed by atoms with Crippen LogP contribution in [0.15, 0.2) is 10.5 Å². The Morgan fingerprint density at radius 1 is 1.69 bits per heavy atom. The fourth-order valence-electron chi connectivity index (χ4n) is 1.29. The summed E-state index contributed by atoms with van der Waals surface area (Å²) in [5.74, 6) is -0.265. The zero-order valence-electron chi connectivity index (χ0n) is 6.35. The zero-order valence-corrected chi connectivity index (χ0v) is 8.69. The Morgan fingerprint density at radius 2 is 2.38 bits per heavy atom. The Kier molecular flexibility index (Phi) is 2.21. The maximum Gasteiger partial charge on any atom is 0.151 e. The van der Waals surface area contributed by atoms with Crippen LogP contribution in [0.25, 0.3) is 0 Å². The summed E-state index contributed by atoms with van der Waals surface area (Å²) in [4.78, 5) is 0. The van der Waals surface area contributed by atoms with Crippen LogP contribution in [0, 0.1) is 5.82 Å². The summed E-state index contributed by atoms with van der Waals surface area (Å²) in [7, 11) is 0. The quantitative estimate of drug-likeness (QED) is 0.732. The van der Waals surface area contributed by atoms with E-state index in [0.717, 1.165) is 0 Å². The lowest BCUT2D eigenvalue weighted by atomic mass is 10.1. The number of aliphatic hydroxyl groups is 1. The van der Waals surface area contributed by atoms with E-state index in [1.54, 1.807) is 0 Å². The molecule has 0 amide bonds. The average Bonchev–Trinajstić information content (AvgIpc) is 2.44. The molecule has 1 aromatic rings. The molecule has 1 aromatic carbocycles. The van der Waals surface area contributed by atoms with Gasteiger partial charge in [-0.15, -0.1) is 0 Å². The Hall–Kier alpha value is -0.320. The van der Waals surface area contributed by atoms with Crippen molar-refractivity contribution in [3.8, 4) is 5.75 Å². The van der Waals surface area contributed by atoms with E-state index in [2.05, 4.69) is 15.9 Å². The molecular formula is C8H5BrClFO2. The third-order valence-corrected chi connectivity index (χ3v) is 2.74. The fraction of sp³-hybridized carbons (Fsp3) is 0.250. The largest absolute Gasteiger partial charge is 0.489 e. The minimum Gasteiger partial charge on any atom is -0.489 e. The van der Waals surface area contributed by atoms with E-state index in [0.29, 0.717) is 10.2 Å². The van der Waals surface area contributed by atoms with Crippen molar-refractivity contribution >= 4 is 27.5 Å². The van der Waals surface area contributed by atoms with Crippen molar-refractivity contribution in [2.75, 3.05) is 6.61 Å². The fourth-order valence-corrected chi connectivity index (χ4v) is 2.19. The summed E-state index contributed by atoms with van der Waals surface area (Å²) in [5.41, 5.74) is 0.138. The highest BCUT2D eigenvalue weighted by Gasteiger charge is 2.29. The number of aliphatic hydroxyl groups excluding tert-OH is 1. The second-order valence-corrected chi connectivity index (χ2v) is 3.99. The molecule has 70 valence electrons. The first-order chi connectivity index (χ1) is 6.11. The predicted octanol–water partition coefficient (Wildman–Crippen LogP) is 2.67. The van der Waals surface area contributed by atoms with Gasteiger partial charge in [-0.25, -0.2) is 4.39 Å². The van der Waals surface area contributed by atoms with Gasteiger partial charge in [-0.1, -0.05) is 11.6 Å². The molecule has 1 N–H and O–H groups in total. The van der Waals surface area contributed by atoms with E-state index < -0.39 is 11.9 Å². The molecule has 0 spiro atoms. The van der Waals surface area contributed by atoms with Crippen LogP contribution in [-0.4, -0.2) is 11.7 Å². The van der Waals surface area contributed by atoms with Crippen LogP contribution in [0.3, 0.4) is 0 Å². The van der Waals surface area contributed by atoms with Crippen molar-refractivity contribution < 1.29 is 14.2 Å². The predicted molar refractivity (Wildman–Crippen MR) is 49.6 cm³/mol. The monoisotopic (exact) mass is 266 g/mol. The van der Waals surface area contributed by atoms with Crippen molar-refractivity contribution in [2.24, 2.45) is 0 Å². The zero-order chi connectivity index (χ0) is 9.59. The number of rotatable bonds is 0. The van der Waals surface area contributed by atoms with E-state index in [1.165, 1.54) is 6.07 Å². The minimum atomic E-state index is -0.926. The maximum atomic E-state index is 13.3. The van der Waals surface area contributed by atoms with Crippen LogP contribution >= 0.6 is 27.5 Å². The van der Waals surface area contributed by atoms with Crippen molar-refractivity contribution in [3.63, 3.8) is 0 Å². The first-order valence-corrected chi connectivity index (χ1v) is 4.76. The highest BCUT2D eigenvalue weighted by atomic mass is 79.9. The second kappa shape index (κ2) is 3.12. The lowest BCUT2D eigenvalue weighted by molar-refractivity contribution is 0.138. The molecule has 1 heterocycles. The average molecular weight is 267 g/mol. The van der Waals surface area contributed by atoms with Gasteiger partial charge in [-0.2, -0.15) is 0 Å². The molecule has 0 saturated heterocycles. The number of halogens is 3. The Balaban J connectivity index is 2.70. The minimum absolute atomic E-state index is 0.0184. The molecule has 0 fully saturated rings. The Bertz CT molecular complexity index is 370. The van der Waals surface area contributed by atoms with Crippen LogP contribution in [0.4, 0.5) is 4.39 Å². The number of hydrogen-bond donors (Lipinski definition) is 1. The van der Waals surface area contributed by atoms with Gasteiger partial charge in [0.2, 0.25) is 0 Å². The van der Waals surface area contributed by atoms with Crippen LogP contribution < -0.4 is 4.74 Å². The van der Waals surface area contributed by atoms with E-state index in [1.807, 2.05) is 0 Å². The topological polar surface area (TPSA) is 29.5 Å². The molecule has 0 aromatic heterocycles. The summed E-state index contributed by atoms with van der Waals surface area (Å²) in [5, 5.41) is 9.35. The molecular weight excluding hydrogens is 262 g/mol. The SMILES string of the molecule is OC1COc2c(Br)cc(Cl)c(F)c21. The van der Waals surface area contributed by atoms with Crippen molar-refractivity contribution in [3.05, 3.63) is 26.9 Å². The Morgan fingerprint density at radius 3 is 3.08 bits per heavy atom. The number of ether oxygens (including phenoxy) is 1. The third kappa shape index (κ3) is 1.33. The molecule has 2 nitrogen and oxygen atoms in total. The first-order valence-electron chi connectivity index (χ1n) is 3.59. The molecule has 0 bridgehead atoms. The molecule has 5 heteroatoms. The van der Waals surface area contributed by atoms with Gasteiger partial charge < -0.3 is 9.84 Å². The highest BCUT2D eigenvalue weighted by Crippen LogP contribution is 2.42. The standard InChI is InChI=1S/C8H5BrClFO2/c9-3-1-4(10)7(11)6-5(12)2-13-8(3)6/h1,5,12H,2H2. The van der Waals surface area contributed by atoms with Gasteiger partial charge in [0.05, 0.1) is 15.1 Å². The lowest BCUT2D eigenvalue weighted by Gasteiger charge is -2.05. The van der Waals surface area contributed by atoms with E-state index >= 15 is 0 Å². The van der Waals surface area contributed by atoms with E-state index in [-0.39, 0.29) is 17.2 Å². The summed E-state index contributed by atoms with van der Waals surface area (Å²) in [6.07, 6.45) is -0.926. The van der Waals surface area contributed by atoms with Crippen molar-refractivity contribution in [1.29, 1.82) is 0 Å². The van der Waals surface area contributed by atoms with Gasteiger partial charge in [0.15, 0.2) is 5.82 Å². The van der Waals surface area contributed by atoms with Gasteiger partial charge in [0.1, 0.15) is 18.5 Å². The second-order valence-electron chi connectivity index (χ2n) is 2.72. The normalized spacial score (nSPS) is 19.8. The molecule has 1 aliphatic rings. The highest BCUT2D eigenvalue weighted by molar-refractivity contribution is 9.10. The van der Waals surface area contributed by atoms with Crippen molar-refractivity contribution in [1.82, 2.24) is 0 Å². The maximum absolute atomic E-state index is 13.3. The molecule has 1 unspecified atom stereocenters. The number of benzene rings is 1. The van der Waals surface area contributed by atoms with Gasteiger partial charge in [0.25, 0.3) is 0 Å². The smallest absolute Gasteiger partial charge is 0.151 e. The summed E-state index contributed by atoms with van der Waals surface area (Å²) in [6, 6.07) is 1.41. The first kappa shape index (κ1) is 9.24. The van der Waals surface area contributed by atoms with Crippen LogP contribution in [0.5, 0.6) is 5.75 Å². The van der Waals surface area contributed by atoms with Gasteiger partial charge in [-0.05, 0) is 22.0 Å². The molecule has 13 heavy (non-hydrogen) atoms. The number of fused-ring (bicyclic) bond motifs is 1. The third-order valence-electron chi connectivity index (χ3n) is 1.88. The summed E-state index contributed by atoms with van der Waals surface area (Å²) < 4.78 is 19.0. The molecule has 0 aliphatic carbocycles. The Labute approximate surface area is 87.4 Å². The molecule has 2 rings (SSSR count). The van der Waals surface area contributed by atoms with Crippen molar-refractivity contribution in [2.45, 2.75) is 6.10 Å². The van der Waals surface area contributed by atoms with Crippen LogP contribution in [-0.2, 0) is 0 Å². The summed E-state index contributed by atoms with van der Waals surface area (Å²) >= 11 is 8.76. The lowest BCUT2D eigenvalue weighted by Crippen LogP contribution is -1.99. The van der Waals surface area contributed by atoms with E-state index in [4.69, 9.17) is 16.3 Å². The molecule has 0 saturated carbocycles. The van der Waals surface area contributed by atoms with Gasteiger partial charge in [0, 0.05) is 0 Å². The van der Waals surface area contributed by atoms with Gasteiger partial charge >= 0.3 is 0 Å². The molecule has 1 atom stereocenters. The molecule has 1 aliphatic heterocycles. The molecule has 0 radical (unpaired) electrons. The number of hydrogen-bond acceptors (Lipinski definition) is 2. The van der Waals surface area contributed by atoms with Crippen LogP contribution in [0.1, 0.15) is 11.7 Å². The van der Waals surface area contributed by atoms with Crippen LogP contribution in [0.2, 0.25) is 5.02 Å². The van der Waals surface area contributed by atoms with E-state index in [9.17, 15) is 9.50 Å². The summed E-state index contributed by atoms with van der Waals surface area (Å²) in [6.45, 7) is 0.0746. The van der Waals surface area contributed by atoms with Gasteiger partial charge in [-0.3, -0.25) is 0 Å².